The lowest BCUT2D eigenvalue weighted by atomic mass is 9.81. The van der Waals surface area contributed by atoms with Gasteiger partial charge >= 0.3 is 0 Å². The van der Waals surface area contributed by atoms with Crippen molar-refractivity contribution < 1.29 is 9.90 Å². The van der Waals surface area contributed by atoms with E-state index < -0.39 is 0 Å². The Morgan fingerprint density at radius 2 is 2.03 bits per heavy atom. The summed E-state index contributed by atoms with van der Waals surface area (Å²) in [5.41, 5.74) is 4.95. The Morgan fingerprint density at radius 3 is 2.72 bits per heavy atom. The van der Waals surface area contributed by atoms with Crippen LogP contribution in [0.2, 0.25) is 0 Å². The molecule has 1 unspecified atom stereocenters. The minimum Gasteiger partial charge on any atom is -0.508 e. The Balaban J connectivity index is 1.70. The Hall–Kier alpha value is -3.08. The molecule has 1 amide bonds. The quantitative estimate of drug-likeness (QED) is 0.653. The van der Waals surface area contributed by atoms with Crippen molar-refractivity contribution in [3.8, 4) is 5.75 Å². The molecular weight excluding hydrogens is 362 g/mol. The summed E-state index contributed by atoms with van der Waals surface area (Å²) < 4.78 is 0. The average Bonchev–Trinajstić information content (AvgIpc) is 3.25. The van der Waals surface area contributed by atoms with Gasteiger partial charge in [0, 0.05) is 17.4 Å². The van der Waals surface area contributed by atoms with E-state index in [4.69, 9.17) is 0 Å². The molecular formula is C24H27N3O2. The summed E-state index contributed by atoms with van der Waals surface area (Å²) in [4.78, 5) is 15.6. The van der Waals surface area contributed by atoms with Crippen molar-refractivity contribution in [3.05, 3.63) is 77.1 Å². The highest BCUT2D eigenvalue weighted by Gasteiger charge is 2.32. The van der Waals surface area contributed by atoms with Gasteiger partial charge in [-0.2, -0.15) is 5.10 Å². The fourth-order valence-electron chi connectivity index (χ4n) is 4.16. The number of rotatable bonds is 5. The molecule has 0 aliphatic heterocycles. The molecule has 1 aliphatic rings. The minimum absolute atomic E-state index is 0.0649. The van der Waals surface area contributed by atoms with E-state index in [9.17, 15) is 9.90 Å². The second-order valence-electron chi connectivity index (χ2n) is 8.07. The molecule has 0 radical (unpaired) electrons. The number of hydrogen-bond donors (Lipinski definition) is 2. The van der Waals surface area contributed by atoms with E-state index in [0.29, 0.717) is 18.2 Å². The topological polar surface area (TPSA) is 69.2 Å². The maximum atomic E-state index is 13.7. The molecule has 2 aromatic carbocycles. The molecule has 1 heterocycles. The zero-order chi connectivity index (χ0) is 20.4. The van der Waals surface area contributed by atoms with Crippen molar-refractivity contribution in [1.82, 2.24) is 10.2 Å². The van der Waals surface area contributed by atoms with Gasteiger partial charge in [-0.05, 0) is 60.1 Å². The van der Waals surface area contributed by atoms with E-state index in [1.807, 2.05) is 35.4 Å². The summed E-state index contributed by atoms with van der Waals surface area (Å²) >= 11 is 0. The molecule has 0 saturated heterocycles. The number of carbonyl (C=O) groups excluding carboxylic acids is 1. The van der Waals surface area contributed by atoms with Gasteiger partial charge < -0.3 is 10.0 Å². The van der Waals surface area contributed by atoms with Gasteiger partial charge in [-0.3, -0.25) is 9.89 Å². The number of amides is 1. The van der Waals surface area contributed by atoms with Crippen LogP contribution >= 0.6 is 0 Å². The van der Waals surface area contributed by atoms with Crippen LogP contribution in [0.4, 0.5) is 5.69 Å². The molecule has 1 atom stereocenters. The standard InChI is InChI=1S/C24H27N3O2/c1-16(2)18-9-11-19(12-10-18)27(15-17-13-25-26-14-17)24(29)22-7-3-6-21-20(22)5-4-8-23(21)28/h4-5,8-14,16,22,28H,3,6-7,15H2,1-2H3,(H,25,26). The van der Waals surface area contributed by atoms with Crippen LogP contribution in [0.5, 0.6) is 5.75 Å². The molecule has 1 aliphatic carbocycles. The highest BCUT2D eigenvalue weighted by molar-refractivity contribution is 5.98. The van der Waals surface area contributed by atoms with Crippen LogP contribution in [0.1, 0.15) is 60.8 Å². The van der Waals surface area contributed by atoms with Gasteiger partial charge in [0.1, 0.15) is 5.75 Å². The number of aromatic nitrogens is 2. The zero-order valence-electron chi connectivity index (χ0n) is 16.9. The van der Waals surface area contributed by atoms with Gasteiger partial charge in [0.15, 0.2) is 0 Å². The summed E-state index contributed by atoms with van der Waals surface area (Å²) in [7, 11) is 0. The molecule has 3 aromatic rings. The summed E-state index contributed by atoms with van der Waals surface area (Å²) in [5.74, 6) is 0.551. The van der Waals surface area contributed by atoms with E-state index in [0.717, 1.165) is 41.6 Å². The molecule has 5 nitrogen and oxygen atoms in total. The first kappa shape index (κ1) is 19.2. The maximum absolute atomic E-state index is 13.7. The number of nitrogens with zero attached hydrogens (tertiary/aromatic N) is 2. The number of phenols is 1. The average molecular weight is 389 g/mol. The summed E-state index contributed by atoms with van der Waals surface area (Å²) in [5, 5.41) is 17.1. The fourth-order valence-corrected chi connectivity index (χ4v) is 4.16. The number of nitrogens with one attached hydrogen (secondary N) is 1. The molecule has 0 saturated carbocycles. The first-order valence-electron chi connectivity index (χ1n) is 10.2. The van der Waals surface area contributed by atoms with Crippen LogP contribution in [0.3, 0.4) is 0 Å². The molecule has 29 heavy (non-hydrogen) atoms. The predicted octanol–water partition coefficient (Wildman–Crippen LogP) is 4.89. The summed E-state index contributed by atoms with van der Waals surface area (Å²) in [6.07, 6.45) is 6.08. The molecule has 0 fully saturated rings. The Kier molecular flexibility index (Phi) is 5.38. The minimum atomic E-state index is -0.248. The lowest BCUT2D eigenvalue weighted by Gasteiger charge is -2.31. The van der Waals surface area contributed by atoms with E-state index in [1.165, 1.54) is 5.56 Å². The largest absolute Gasteiger partial charge is 0.508 e. The first-order valence-corrected chi connectivity index (χ1v) is 10.2. The van der Waals surface area contributed by atoms with Gasteiger partial charge in [-0.15, -0.1) is 0 Å². The molecule has 0 spiro atoms. The van der Waals surface area contributed by atoms with Crippen molar-refractivity contribution in [2.24, 2.45) is 0 Å². The van der Waals surface area contributed by atoms with Crippen molar-refractivity contribution in [3.63, 3.8) is 0 Å². The SMILES string of the molecule is CC(C)c1ccc(N(Cc2cn[nH]c2)C(=O)C2CCCc3c(O)cccc32)cc1. The lowest BCUT2D eigenvalue weighted by Crippen LogP contribution is -2.36. The van der Waals surface area contributed by atoms with Gasteiger partial charge in [0.05, 0.1) is 18.7 Å². The van der Waals surface area contributed by atoms with Crippen molar-refractivity contribution in [1.29, 1.82) is 0 Å². The van der Waals surface area contributed by atoms with Crippen LogP contribution in [-0.4, -0.2) is 21.2 Å². The number of aromatic amines is 1. The highest BCUT2D eigenvalue weighted by Crippen LogP contribution is 2.38. The number of H-pyrrole nitrogens is 1. The van der Waals surface area contributed by atoms with Crippen LogP contribution in [0.15, 0.2) is 54.9 Å². The second kappa shape index (κ2) is 8.11. The predicted molar refractivity (Wildman–Crippen MR) is 114 cm³/mol. The molecule has 2 N–H and O–H groups in total. The van der Waals surface area contributed by atoms with Crippen LogP contribution in [-0.2, 0) is 17.8 Å². The summed E-state index contributed by atoms with van der Waals surface area (Å²) in [6, 6.07) is 13.8. The van der Waals surface area contributed by atoms with Crippen molar-refractivity contribution in [2.45, 2.75) is 51.5 Å². The first-order chi connectivity index (χ1) is 14.0. The third-order valence-electron chi connectivity index (χ3n) is 5.81. The monoisotopic (exact) mass is 389 g/mol. The van der Waals surface area contributed by atoms with E-state index in [1.54, 1.807) is 12.3 Å². The molecule has 150 valence electrons. The van der Waals surface area contributed by atoms with Crippen LogP contribution in [0.25, 0.3) is 0 Å². The summed E-state index contributed by atoms with van der Waals surface area (Å²) in [6.45, 7) is 4.78. The van der Waals surface area contributed by atoms with Gasteiger partial charge in [-0.1, -0.05) is 38.1 Å². The number of fused-ring (bicyclic) bond motifs is 1. The maximum Gasteiger partial charge on any atom is 0.234 e. The van der Waals surface area contributed by atoms with E-state index >= 15 is 0 Å². The van der Waals surface area contributed by atoms with Crippen LogP contribution < -0.4 is 4.90 Å². The number of phenolic OH excluding ortho intramolecular Hbond substituents is 1. The third kappa shape index (κ3) is 3.90. The molecule has 1 aromatic heterocycles. The van der Waals surface area contributed by atoms with Gasteiger partial charge in [-0.25, -0.2) is 0 Å². The molecule has 5 heteroatoms. The number of carbonyl (C=O) groups is 1. The van der Waals surface area contributed by atoms with Gasteiger partial charge in [0.25, 0.3) is 0 Å². The Morgan fingerprint density at radius 1 is 1.24 bits per heavy atom. The zero-order valence-corrected chi connectivity index (χ0v) is 16.9. The van der Waals surface area contributed by atoms with Crippen LogP contribution in [0, 0.1) is 0 Å². The number of hydrogen-bond acceptors (Lipinski definition) is 3. The molecule has 4 rings (SSSR count). The normalized spacial score (nSPS) is 15.9. The molecule has 0 bridgehead atoms. The van der Waals surface area contributed by atoms with Crippen molar-refractivity contribution in [2.75, 3.05) is 4.90 Å². The van der Waals surface area contributed by atoms with Crippen molar-refractivity contribution >= 4 is 11.6 Å². The Labute approximate surface area is 171 Å². The lowest BCUT2D eigenvalue weighted by molar-refractivity contribution is -0.120. The number of benzene rings is 2. The Bertz CT molecular complexity index is 978. The van der Waals surface area contributed by atoms with E-state index in [-0.39, 0.29) is 11.8 Å². The smallest absolute Gasteiger partial charge is 0.234 e. The third-order valence-corrected chi connectivity index (χ3v) is 5.81. The van der Waals surface area contributed by atoms with E-state index in [2.05, 4.69) is 36.2 Å². The fraction of sp³-hybridized carbons (Fsp3) is 0.333. The van der Waals surface area contributed by atoms with Gasteiger partial charge in [0.2, 0.25) is 5.91 Å². The number of anilines is 1. The highest BCUT2D eigenvalue weighted by atomic mass is 16.3. The number of aromatic hydroxyl groups is 1. The second-order valence-corrected chi connectivity index (χ2v) is 8.07.